The van der Waals surface area contributed by atoms with Crippen LogP contribution in [0.2, 0.25) is 0 Å². The van der Waals surface area contributed by atoms with E-state index in [-0.39, 0.29) is 6.04 Å². The van der Waals surface area contributed by atoms with E-state index >= 15 is 0 Å². The van der Waals surface area contributed by atoms with Crippen LogP contribution in [0.15, 0.2) is 15.7 Å². The molecule has 1 saturated heterocycles. The molecule has 5 nitrogen and oxygen atoms in total. The fourth-order valence-corrected chi connectivity index (χ4v) is 5.15. The standard InChI is InChI=1S/C12H21N3O2S2/c1-14-5-3-4-11(8-14)15(2)19(16,17)12-6-10(7-13)9-18-12/h6,9,11H,3-5,7-8,13H2,1-2H3. The van der Waals surface area contributed by atoms with Gasteiger partial charge in [-0.1, -0.05) is 0 Å². The lowest BCUT2D eigenvalue weighted by Crippen LogP contribution is -2.47. The summed E-state index contributed by atoms with van der Waals surface area (Å²) in [5.41, 5.74) is 6.41. The lowest BCUT2D eigenvalue weighted by atomic mass is 10.1. The molecule has 0 aliphatic carbocycles. The molecule has 108 valence electrons. The summed E-state index contributed by atoms with van der Waals surface area (Å²) in [6, 6.07) is 1.75. The van der Waals surface area contributed by atoms with Crippen LogP contribution in [0.5, 0.6) is 0 Å². The molecule has 1 unspecified atom stereocenters. The topological polar surface area (TPSA) is 66.6 Å². The molecule has 19 heavy (non-hydrogen) atoms. The number of hydrogen-bond donors (Lipinski definition) is 1. The van der Waals surface area contributed by atoms with Crippen molar-refractivity contribution in [3.8, 4) is 0 Å². The Hall–Kier alpha value is -0.470. The highest BCUT2D eigenvalue weighted by molar-refractivity contribution is 7.91. The summed E-state index contributed by atoms with van der Waals surface area (Å²) in [5, 5.41) is 1.81. The minimum Gasteiger partial charge on any atom is -0.326 e. The summed E-state index contributed by atoms with van der Waals surface area (Å²) >= 11 is 1.25. The normalized spacial score (nSPS) is 22.0. The van der Waals surface area contributed by atoms with Gasteiger partial charge in [-0.3, -0.25) is 0 Å². The fourth-order valence-electron chi connectivity index (χ4n) is 2.37. The second kappa shape index (κ2) is 5.88. The third-order valence-electron chi connectivity index (χ3n) is 3.61. The average molecular weight is 303 g/mol. The third kappa shape index (κ3) is 3.17. The van der Waals surface area contributed by atoms with Crippen molar-refractivity contribution in [3.63, 3.8) is 0 Å². The Morgan fingerprint density at radius 3 is 2.89 bits per heavy atom. The molecule has 0 amide bonds. The second-order valence-electron chi connectivity index (χ2n) is 5.06. The van der Waals surface area contributed by atoms with E-state index in [2.05, 4.69) is 4.90 Å². The minimum absolute atomic E-state index is 0.0622. The highest BCUT2D eigenvalue weighted by Gasteiger charge is 2.31. The van der Waals surface area contributed by atoms with Gasteiger partial charge < -0.3 is 10.6 Å². The second-order valence-corrected chi connectivity index (χ2v) is 8.19. The van der Waals surface area contributed by atoms with Crippen molar-refractivity contribution in [2.24, 2.45) is 5.73 Å². The van der Waals surface area contributed by atoms with Crippen LogP contribution in [0.25, 0.3) is 0 Å². The van der Waals surface area contributed by atoms with Gasteiger partial charge in [0.2, 0.25) is 0 Å². The molecule has 2 rings (SSSR count). The largest absolute Gasteiger partial charge is 0.326 e. The summed E-state index contributed by atoms with van der Waals surface area (Å²) in [4.78, 5) is 2.18. The molecule has 0 saturated carbocycles. The van der Waals surface area contributed by atoms with E-state index in [0.717, 1.165) is 31.5 Å². The van der Waals surface area contributed by atoms with Gasteiger partial charge in [0, 0.05) is 26.2 Å². The van der Waals surface area contributed by atoms with Crippen LogP contribution in [-0.2, 0) is 16.6 Å². The molecule has 2 N–H and O–H groups in total. The molecule has 1 fully saturated rings. The summed E-state index contributed by atoms with van der Waals surface area (Å²) in [6.45, 7) is 2.22. The summed E-state index contributed by atoms with van der Waals surface area (Å²) in [5.74, 6) is 0. The first kappa shape index (κ1) is 14.9. The SMILES string of the molecule is CN1CCCC(N(C)S(=O)(=O)c2cc(CN)cs2)C1. The number of sulfonamides is 1. The lowest BCUT2D eigenvalue weighted by Gasteiger charge is -2.34. The average Bonchev–Trinajstić information content (AvgIpc) is 2.87. The first-order valence-electron chi connectivity index (χ1n) is 6.39. The van der Waals surface area contributed by atoms with Crippen molar-refractivity contribution in [1.29, 1.82) is 0 Å². The van der Waals surface area contributed by atoms with E-state index in [9.17, 15) is 8.42 Å². The zero-order valence-electron chi connectivity index (χ0n) is 11.4. The van der Waals surface area contributed by atoms with Gasteiger partial charge in [0.15, 0.2) is 0 Å². The van der Waals surface area contributed by atoms with Crippen LogP contribution in [0.1, 0.15) is 18.4 Å². The van der Waals surface area contributed by atoms with Gasteiger partial charge in [-0.15, -0.1) is 11.3 Å². The Balaban J connectivity index is 2.18. The van der Waals surface area contributed by atoms with Crippen LogP contribution in [0, 0.1) is 0 Å². The maximum absolute atomic E-state index is 12.5. The molecule has 1 aromatic heterocycles. The molecular formula is C12H21N3O2S2. The molecular weight excluding hydrogens is 282 g/mol. The highest BCUT2D eigenvalue weighted by Crippen LogP contribution is 2.26. The molecule has 1 aliphatic heterocycles. The Bertz CT molecular complexity index is 527. The van der Waals surface area contributed by atoms with E-state index < -0.39 is 10.0 Å². The lowest BCUT2D eigenvalue weighted by molar-refractivity contribution is 0.188. The first-order chi connectivity index (χ1) is 8.95. The number of nitrogens with zero attached hydrogens (tertiary/aromatic N) is 2. The van der Waals surface area contributed by atoms with Gasteiger partial charge in [0.25, 0.3) is 10.0 Å². The number of thiophene rings is 1. The van der Waals surface area contributed by atoms with Crippen molar-refractivity contribution in [1.82, 2.24) is 9.21 Å². The van der Waals surface area contributed by atoms with Crippen LogP contribution >= 0.6 is 11.3 Å². The van der Waals surface area contributed by atoms with Crippen molar-refractivity contribution < 1.29 is 8.42 Å². The minimum atomic E-state index is -3.38. The van der Waals surface area contributed by atoms with E-state index in [0.29, 0.717) is 10.8 Å². The van der Waals surface area contributed by atoms with E-state index in [1.54, 1.807) is 13.1 Å². The summed E-state index contributed by atoms with van der Waals surface area (Å²) < 4.78 is 27.0. The molecule has 0 bridgehead atoms. The predicted octanol–water partition coefficient (Wildman–Crippen LogP) is 0.921. The van der Waals surface area contributed by atoms with E-state index in [4.69, 9.17) is 5.73 Å². The predicted molar refractivity (Wildman–Crippen MR) is 77.7 cm³/mol. The van der Waals surface area contributed by atoms with Crippen LogP contribution in [0.3, 0.4) is 0 Å². The molecule has 0 spiro atoms. The monoisotopic (exact) mass is 303 g/mol. The maximum atomic E-state index is 12.5. The Labute approximate surface area is 119 Å². The first-order valence-corrected chi connectivity index (χ1v) is 8.71. The number of hydrogen-bond acceptors (Lipinski definition) is 5. The Morgan fingerprint density at radius 2 is 2.32 bits per heavy atom. The summed E-state index contributed by atoms with van der Waals surface area (Å²) in [7, 11) is 0.332. The molecule has 7 heteroatoms. The Morgan fingerprint density at radius 1 is 1.58 bits per heavy atom. The zero-order chi connectivity index (χ0) is 14.0. The number of piperidine rings is 1. The van der Waals surface area contributed by atoms with Gasteiger partial charge in [0.05, 0.1) is 0 Å². The van der Waals surface area contributed by atoms with Crippen LogP contribution < -0.4 is 5.73 Å². The van der Waals surface area contributed by atoms with Gasteiger partial charge in [0.1, 0.15) is 4.21 Å². The number of nitrogens with two attached hydrogens (primary N) is 1. The highest BCUT2D eigenvalue weighted by atomic mass is 32.2. The molecule has 1 aliphatic rings. The molecule has 2 heterocycles. The smallest absolute Gasteiger partial charge is 0.252 e. The Kier molecular flexibility index (Phi) is 4.62. The van der Waals surface area contributed by atoms with Crippen molar-refractivity contribution in [2.75, 3.05) is 27.2 Å². The summed E-state index contributed by atoms with van der Waals surface area (Å²) in [6.07, 6.45) is 1.97. The van der Waals surface area contributed by atoms with Crippen LogP contribution in [0.4, 0.5) is 0 Å². The quantitative estimate of drug-likeness (QED) is 0.898. The van der Waals surface area contributed by atoms with Crippen molar-refractivity contribution in [3.05, 3.63) is 17.0 Å². The van der Waals surface area contributed by atoms with Crippen molar-refractivity contribution in [2.45, 2.75) is 29.6 Å². The van der Waals surface area contributed by atoms with Crippen LogP contribution in [-0.4, -0.2) is 50.8 Å². The van der Waals surface area contributed by atoms with E-state index in [1.165, 1.54) is 15.6 Å². The zero-order valence-corrected chi connectivity index (χ0v) is 13.0. The molecule has 1 atom stereocenters. The number of likely N-dealkylation sites (N-methyl/N-ethyl adjacent to an activating group) is 2. The molecule has 0 aromatic carbocycles. The number of rotatable bonds is 4. The molecule has 0 radical (unpaired) electrons. The third-order valence-corrected chi connectivity index (χ3v) is 6.99. The van der Waals surface area contributed by atoms with Gasteiger partial charge in [-0.2, -0.15) is 4.31 Å². The van der Waals surface area contributed by atoms with Gasteiger partial charge >= 0.3 is 0 Å². The number of likely N-dealkylation sites (tertiary alicyclic amines) is 1. The maximum Gasteiger partial charge on any atom is 0.252 e. The van der Waals surface area contributed by atoms with E-state index in [1.807, 2.05) is 12.4 Å². The van der Waals surface area contributed by atoms with Crippen molar-refractivity contribution >= 4 is 21.4 Å². The van der Waals surface area contributed by atoms with Gasteiger partial charge in [-0.05, 0) is 43.4 Å². The molecule has 1 aromatic rings. The fraction of sp³-hybridized carbons (Fsp3) is 0.667. The van der Waals surface area contributed by atoms with Gasteiger partial charge in [-0.25, -0.2) is 8.42 Å².